The molecule has 0 aliphatic heterocycles. The van der Waals surface area contributed by atoms with Crippen LogP contribution < -0.4 is 0 Å². The SMILES string of the molecule is CCCOC(=O)C=CC[Si](C)(C)C. The second kappa shape index (κ2) is 5.97. The first kappa shape index (κ1) is 12.4. The van der Waals surface area contributed by atoms with Gasteiger partial charge in [0.05, 0.1) is 6.61 Å². The molecule has 0 aliphatic carbocycles. The van der Waals surface area contributed by atoms with E-state index >= 15 is 0 Å². The van der Waals surface area contributed by atoms with Crippen LogP contribution in [0.2, 0.25) is 25.7 Å². The Balaban J connectivity index is 3.66. The molecule has 0 fully saturated rings. The summed E-state index contributed by atoms with van der Waals surface area (Å²) < 4.78 is 4.90. The molecule has 76 valence electrons. The lowest BCUT2D eigenvalue weighted by Gasteiger charge is -2.11. The van der Waals surface area contributed by atoms with Gasteiger partial charge in [-0.15, -0.1) is 0 Å². The van der Waals surface area contributed by atoms with Gasteiger partial charge in [-0.3, -0.25) is 0 Å². The Morgan fingerprint density at radius 1 is 1.38 bits per heavy atom. The first-order valence-corrected chi connectivity index (χ1v) is 8.49. The van der Waals surface area contributed by atoms with Crippen LogP contribution in [-0.4, -0.2) is 20.7 Å². The van der Waals surface area contributed by atoms with Gasteiger partial charge in [-0.1, -0.05) is 32.6 Å². The summed E-state index contributed by atoms with van der Waals surface area (Å²) in [7, 11) is -1.05. The molecule has 0 bridgehead atoms. The number of allylic oxidation sites excluding steroid dienone is 1. The highest BCUT2D eigenvalue weighted by Crippen LogP contribution is 2.08. The van der Waals surface area contributed by atoms with Crippen LogP contribution in [-0.2, 0) is 9.53 Å². The van der Waals surface area contributed by atoms with Gasteiger partial charge < -0.3 is 4.74 Å². The topological polar surface area (TPSA) is 26.3 Å². The van der Waals surface area contributed by atoms with Crippen molar-refractivity contribution in [3.63, 3.8) is 0 Å². The van der Waals surface area contributed by atoms with Gasteiger partial charge in [0.15, 0.2) is 0 Å². The molecular weight excluding hydrogens is 180 g/mol. The number of hydrogen-bond donors (Lipinski definition) is 0. The predicted octanol–water partition coefficient (Wildman–Crippen LogP) is 2.83. The average molecular weight is 200 g/mol. The van der Waals surface area contributed by atoms with E-state index in [0.29, 0.717) is 6.61 Å². The summed E-state index contributed by atoms with van der Waals surface area (Å²) >= 11 is 0. The normalized spacial score (nSPS) is 12.0. The molecule has 2 nitrogen and oxygen atoms in total. The van der Waals surface area contributed by atoms with E-state index in [1.165, 1.54) is 0 Å². The molecule has 0 saturated carbocycles. The van der Waals surface area contributed by atoms with Crippen molar-refractivity contribution in [1.29, 1.82) is 0 Å². The monoisotopic (exact) mass is 200 g/mol. The van der Waals surface area contributed by atoms with Gasteiger partial charge in [-0.05, 0) is 12.5 Å². The molecular formula is C10H20O2Si. The molecule has 0 unspecified atom stereocenters. The molecule has 0 spiro atoms. The summed E-state index contributed by atoms with van der Waals surface area (Å²) in [5.41, 5.74) is 0. The van der Waals surface area contributed by atoms with Crippen LogP contribution in [0.3, 0.4) is 0 Å². The number of hydrogen-bond acceptors (Lipinski definition) is 2. The summed E-state index contributed by atoms with van der Waals surface area (Å²) in [5, 5.41) is 0. The van der Waals surface area contributed by atoms with Crippen LogP contribution in [0.15, 0.2) is 12.2 Å². The fraction of sp³-hybridized carbons (Fsp3) is 0.700. The zero-order valence-corrected chi connectivity index (χ0v) is 10.1. The van der Waals surface area contributed by atoms with Crippen LogP contribution in [0, 0.1) is 0 Å². The van der Waals surface area contributed by atoms with Crippen molar-refractivity contribution in [3.05, 3.63) is 12.2 Å². The Labute approximate surface area is 82.0 Å². The third-order valence-electron chi connectivity index (χ3n) is 1.43. The lowest BCUT2D eigenvalue weighted by Crippen LogP contribution is -2.17. The fourth-order valence-corrected chi connectivity index (χ4v) is 1.58. The van der Waals surface area contributed by atoms with Crippen molar-refractivity contribution in [2.24, 2.45) is 0 Å². The minimum absolute atomic E-state index is 0.208. The molecule has 0 aromatic heterocycles. The van der Waals surface area contributed by atoms with E-state index in [1.54, 1.807) is 6.08 Å². The first-order chi connectivity index (χ1) is 5.95. The summed E-state index contributed by atoms with van der Waals surface area (Å²) in [5.74, 6) is -0.208. The van der Waals surface area contributed by atoms with Crippen LogP contribution in [0.25, 0.3) is 0 Å². The molecule has 0 N–H and O–H groups in total. The number of esters is 1. The zero-order valence-electron chi connectivity index (χ0n) is 9.09. The Morgan fingerprint density at radius 3 is 2.46 bits per heavy atom. The van der Waals surface area contributed by atoms with E-state index in [-0.39, 0.29) is 5.97 Å². The Kier molecular flexibility index (Phi) is 5.71. The minimum atomic E-state index is -1.05. The van der Waals surface area contributed by atoms with Gasteiger partial charge in [-0.2, -0.15) is 0 Å². The second-order valence-corrected chi connectivity index (χ2v) is 9.86. The zero-order chi connectivity index (χ0) is 10.3. The average Bonchev–Trinajstić information content (AvgIpc) is 1.98. The van der Waals surface area contributed by atoms with Crippen LogP contribution in [0.5, 0.6) is 0 Å². The molecule has 0 atom stereocenters. The maximum Gasteiger partial charge on any atom is 0.330 e. The molecule has 0 aliphatic rings. The van der Waals surface area contributed by atoms with Crippen molar-refractivity contribution in [3.8, 4) is 0 Å². The van der Waals surface area contributed by atoms with Gasteiger partial charge in [0.2, 0.25) is 0 Å². The van der Waals surface area contributed by atoms with Gasteiger partial charge in [0.1, 0.15) is 0 Å². The number of carbonyl (C=O) groups is 1. The molecule has 0 aromatic carbocycles. The summed E-state index contributed by atoms with van der Waals surface area (Å²) in [6.07, 6.45) is 4.37. The number of rotatable bonds is 5. The molecule has 0 aromatic rings. The third-order valence-corrected chi connectivity index (χ3v) is 2.89. The molecule has 0 heterocycles. The smallest absolute Gasteiger partial charge is 0.330 e. The van der Waals surface area contributed by atoms with Crippen molar-refractivity contribution in [2.45, 2.75) is 39.0 Å². The predicted molar refractivity (Wildman–Crippen MR) is 58.5 cm³/mol. The molecule has 0 rings (SSSR count). The summed E-state index contributed by atoms with van der Waals surface area (Å²) in [6, 6.07) is 1.04. The Hall–Kier alpha value is -0.573. The van der Waals surface area contributed by atoms with E-state index in [2.05, 4.69) is 19.6 Å². The molecule has 0 radical (unpaired) electrons. The van der Waals surface area contributed by atoms with E-state index in [9.17, 15) is 4.79 Å². The largest absolute Gasteiger partial charge is 0.463 e. The van der Waals surface area contributed by atoms with Gasteiger partial charge in [-0.25, -0.2) is 4.79 Å². The van der Waals surface area contributed by atoms with Gasteiger partial charge in [0, 0.05) is 14.1 Å². The van der Waals surface area contributed by atoms with E-state index < -0.39 is 8.07 Å². The van der Waals surface area contributed by atoms with E-state index in [1.807, 2.05) is 13.0 Å². The van der Waals surface area contributed by atoms with Crippen molar-refractivity contribution < 1.29 is 9.53 Å². The van der Waals surface area contributed by atoms with E-state index in [4.69, 9.17) is 4.74 Å². The minimum Gasteiger partial charge on any atom is -0.463 e. The quantitative estimate of drug-likeness (QED) is 0.387. The van der Waals surface area contributed by atoms with Crippen LogP contribution in [0.1, 0.15) is 13.3 Å². The van der Waals surface area contributed by atoms with Crippen molar-refractivity contribution in [2.75, 3.05) is 6.61 Å². The Morgan fingerprint density at radius 2 is 2.00 bits per heavy atom. The maximum atomic E-state index is 11.0. The fourth-order valence-electron chi connectivity index (χ4n) is 0.759. The van der Waals surface area contributed by atoms with Gasteiger partial charge >= 0.3 is 5.97 Å². The van der Waals surface area contributed by atoms with E-state index in [0.717, 1.165) is 12.5 Å². The molecule has 13 heavy (non-hydrogen) atoms. The van der Waals surface area contributed by atoms with Crippen LogP contribution in [0.4, 0.5) is 0 Å². The first-order valence-electron chi connectivity index (χ1n) is 4.79. The summed E-state index contributed by atoms with van der Waals surface area (Å²) in [4.78, 5) is 11.0. The number of ether oxygens (including phenoxy) is 1. The molecule has 3 heteroatoms. The van der Waals surface area contributed by atoms with Crippen molar-refractivity contribution >= 4 is 14.0 Å². The standard InChI is InChI=1S/C10H20O2Si/c1-5-8-12-10(11)7-6-9-13(2,3)4/h6-7H,5,8-9H2,1-4H3. The van der Waals surface area contributed by atoms with Crippen molar-refractivity contribution in [1.82, 2.24) is 0 Å². The Bertz CT molecular complexity index is 180. The second-order valence-electron chi connectivity index (χ2n) is 4.33. The number of carbonyl (C=O) groups excluding carboxylic acids is 1. The lowest BCUT2D eigenvalue weighted by molar-refractivity contribution is -0.137. The third kappa shape index (κ3) is 9.34. The highest BCUT2D eigenvalue weighted by atomic mass is 28.3. The molecule has 0 saturated heterocycles. The molecule has 0 amide bonds. The highest BCUT2D eigenvalue weighted by molar-refractivity contribution is 6.76. The maximum absolute atomic E-state index is 11.0. The lowest BCUT2D eigenvalue weighted by atomic mass is 10.5. The summed E-state index contributed by atoms with van der Waals surface area (Å²) in [6.45, 7) is 9.33. The highest BCUT2D eigenvalue weighted by Gasteiger charge is 2.09. The van der Waals surface area contributed by atoms with Crippen LogP contribution >= 0.6 is 0 Å². The van der Waals surface area contributed by atoms with Gasteiger partial charge in [0.25, 0.3) is 0 Å².